The average molecular weight is 263 g/mol. The Morgan fingerprint density at radius 1 is 0.950 bits per heavy atom. The molecule has 1 atom stereocenters. The summed E-state index contributed by atoms with van der Waals surface area (Å²) >= 11 is 0. The standard InChI is InChI=1S/C18H17NO/c1-2-13-7-3-6-10-16(13)18(20)17-12-19-11-14-8-4-5-9-15(14)17/h3-12,18,20H,2H2,1H3. The number of benzene rings is 2. The summed E-state index contributed by atoms with van der Waals surface area (Å²) in [7, 11) is 0. The molecule has 0 aliphatic carbocycles. The highest BCUT2D eigenvalue weighted by Gasteiger charge is 2.16. The summed E-state index contributed by atoms with van der Waals surface area (Å²) < 4.78 is 0. The number of hydrogen-bond acceptors (Lipinski definition) is 2. The van der Waals surface area contributed by atoms with Crippen molar-refractivity contribution in [1.82, 2.24) is 4.98 Å². The Labute approximate surface area is 118 Å². The summed E-state index contributed by atoms with van der Waals surface area (Å²) in [6.07, 6.45) is 3.87. The number of hydrogen-bond donors (Lipinski definition) is 1. The molecule has 2 heteroatoms. The monoisotopic (exact) mass is 263 g/mol. The van der Waals surface area contributed by atoms with Gasteiger partial charge in [0.25, 0.3) is 0 Å². The van der Waals surface area contributed by atoms with E-state index >= 15 is 0 Å². The van der Waals surface area contributed by atoms with Crippen LogP contribution < -0.4 is 0 Å². The van der Waals surface area contributed by atoms with Crippen molar-refractivity contribution in [3.05, 3.63) is 77.6 Å². The molecular formula is C18H17NO. The van der Waals surface area contributed by atoms with E-state index in [4.69, 9.17) is 0 Å². The van der Waals surface area contributed by atoms with Gasteiger partial charge in [0.1, 0.15) is 6.10 Å². The van der Waals surface area contributed by atoms with Crippen molar-refractivity contribution < 1.29 is 5.11 Å². The van der Waals surface area contributed by atoms with Crippen molar-refractivity contribution in [2.45, 2.75) is 19.4 Å². The Bertz CT molecular complexity index is 731. The van der Waals surface area contributed by atoms with Gasteiger partial charge in [0.15, 0.2) is 0 Å². The minimum atomic E-state index is -0.634. The molecule has 20 heavy (non-hydrogen) atoms. The first kappa shape index (κ1) is 12.8. The van der Waals surface area contributed by atoms with Crippen molar-refractivity contribution >= 4 is 10.8 Å². The van der Waals surface area contributed by atoms with Gasteiger partial charge in [-0.2, -0.15) is 0 Å². The van der Waals surface area contributed by atoms with E-state index in [0.717, 1.165) is 28.3 Å². The molecule has 3 aromatic rings. The van der Waals surface area contributed by atoms with E-state index in [9.17, 15) is 5.11 Å². The highest BCUT2D eigenvalue weighted by Crippen LogP contribution is 2.29. The molecule has 1 heterocycles. The normalized spacial score (nSPS) is 12.5. The van der Waals surface area contributed by atoms with Crippen LogP contribution in [0.2, 0.25) is 0 Å². The van der Waals surface area contributed by atoms with Crippen LogP contribution in [0, 0.1) is 0 Å². The third-order valence-electron chi connectivity index (χ3n) is 3.72. The molecule has 1 aromatic heterocycles. The SMILES string of the molecule is CCc1ccccc1C(O)c1cncc2ccccc12. The first-order chi connectivity index (χ1) is 9.81. The van der Waals surface area contributed by atoms with Crippen LogP contribution >= 0.6 is 0 Å². The molecule has 0 aliphatic rings. The zero-order valence-electron chi connectivity index (χ0n) is 11.5. The second-order valence-corrected chi connectivity index (χ2v) is 4.90. The van der Waals surface area contributed by atoms with Gasteiger partial charge in [-0.3, -0.25) is 4.98 Å². The van der Waals surface area contributed by atoms with Crippen LogP contribution in [0.3, 0.4) is 0 Å². The molecule has 0 fully saturated rings. The fraction of sp³-hybridized carbons (Fsp3) is 0.167. The number of aryl methyl sites for hydroxylation is 1. The third-order valence-corrected chi connectivity index (χ3v) is 3.72. The second kappa shape index (κ2) is 5.43. The van der Waals surface area contributed by atoms with Gasteiger partial charge in [0.05, 0.1) is 0 Å². The van der Waals surface area contributed by atoms with E-state index < -0.39 is 6.10 Å². The fourth-order valence-corrected chi connectivity index (χ4v) is 2.65. The van der Waals surface area contributed by atoms with Crippen molar-refractivity contribution in [2.75, 3.05) is 0 Å². The number of pyridine rings is 1. The maximum Gasteiger partial charge on any atom is 0.106 e. The van der Waals surface area contributed by atoms with Crippen molar-refractivity contribution in [3.8, 4) is 0 Å². The van der Waals surface area contributed by atoms with Crippen LogP contribution in [0.5, 0.6) is 0 Å². The lowest BCUT2D eigenvalue weighted by Crippen LogP contribution is -2.04. The summed E-state index contributed by atoms with van der Waals surface area (Å²) in [4.78, 5) is 4.25. The first-order valence-corrected chi connectivity index (χ1v) is 6.89. The lowest BCUT2D eigenvalue weighted by atomic mass is 9.94. The van der Waals surface area contributed by atoms with Crippen LogP contribution in [0.1, 0.15) is 29.7 Å². The molecule has 2 nitrogen and oxygen atoms in total. The first-order valence-electron chi connectivity index (χ1n) is 6.89. The minimum Gasteiger partial charge on any atom is -0.384 e. The molecule has 0 amide bonds. The average Bonchev–Trinajstić information content (AvgIpc) is 2.53. The van der Waals surface area contributed by atoms with Crippen molar-refractivity contribution in [2.24, 2.45) is 0 Å². The lowest BCUT2D eigenvalue weighted by molar-refractivity contribution is 0.220. The number of nitrogens with zero attached hydrogens (tertiary/aromatic N) is 1. The largest absolute Gasteiger partial charge is 0.384 e. The van der Waals surface area contributed by atoms with Gasteiger partial charge in [0, 0.05) is 23.3 Å². The summed E-state index contributed by atoms with van der Waals surface area (Å²) in [6, 6.07) is 16.1. The predicted molar refractivity (Wildman–Crippen MR) is 81.6 cm³/mol. The number of rotatable bonds is 3. The van der Waals surface area contributed by atoms with Gasteiger partial charge in [-0.05, 0) is 22.9 Å². The van der Waals surface area contributed by atoms with E-state index in [2.05, 4.69) is 18.0 Å². The van der Waals surface area contributed by atoms with E-state index in [1.807, 2.05) is 48.7 Å². The van der Waals surface area contributed by atoms with Gasteiger partial charge in [-0.15, -0.1) is 0 Å². The molecule has 1 N–H and O–H groups in total. The third kappa shape index (κ3) is 2.19. The predicted octanol–water partition coefficient (Wildman–Crippen LogP) is 3.88. The zero-order valence-corrected chi connectivity index (χ0v) is 11.5. The Morgan fingerprint density at radius 3 is 2.55 bits per heavy atom. The maximum absolute atomic E-state index is 10.8. The van der Waals surface area contributed by atoms with E-state index in [-0.39, 0.29) is 0 Å². The maximum atomic E-state index is 10.8. The lowest BCUT2D eigenvalue weighted by Gasteiger charge is -2.16. The van der Waals surface area contributed by atoms with Crippen molar-refractivity contribution in [1.29, 1.82) is 0 Å². The molecule has 0 saturated heterocycles. The highest BCUT2D eigenvalue weighted by atomic mass is 16.3. The Balaban J connectivity index is 2.15. The number of aliphatic hydroxyl groups excluding tert-OH is 1. The Hall–Kier alpha value is -2.19. The van der Waals surface area contributed by atoms with E-state index in [0.29, 0.717) is 0 Å². The molecule has 3 rings (SSSR count). The number of aromatic nitrogens is 1. The number of aliphatic hydroxyl groups is 1. The van der Waals surface area contributed by atoms with Crippen LogP contribution in [0.25, 0.3) is 10.8 Å². The summed E-state index contributed by atoms with van der Waals surface area (Å²) in [5, 5.41) is 12.9. The zero-order chi connectivity index (χ0) is 13.9. The van der Waals surface area contributed by atoms with Crippen LogP contribution in [0.4, 0.5) is 0 Å². The Morgan fingerprint density at radius 2 is 1.70 bits per heavy atom. The molecule has 0 bridgehead atoms. The van der Waals surface area contributed by atoms with Crippen molar-refractivity contribution in [3.63, 3.8) is 0 Å². The van der Waals surface area contributed by atoms with Crippen LogP contribution in [-0.4, -0.2) is 10.1 Å². The molecule has 2 aromatic carbocycles. The van der Waals surface area contributed by atoms with Gasteiger partial charge in [-0.1, -0.05) is 55.5 Å². The van der Waals surface area contributed by atoms with E-state index in [1.54, 1.807) is 6.20 Å². The fourth-order valence-electron chi connectivity index (χ4n) is 2.65. The highest BCUT2D eigenvalue weighted by molar-refractivity contribution is 5.85. The van der Waals surface area contributed by atoms with Gasteiger partial charge < -0.3 is 5.11 Å². The minimum absolute atomic E-state index is 0.634. The van der Waals surface area contributed by atoms with Gasteiger partial charge in [0.2, 0.25) is 0 Å². The molecule has 0 radical (unpaired) electrons. The molecule has 100 valence electrons. The summed E-state index contributed by atoms with van der Waals surface area (Å²) in [6.45, 7) is 2.10. The van der Waals surface area contributed by atoms with E-state index in [1.165, 1.54) is 5.56 Å². The summed E-state index contributed by atoms with van der Waals surface area (Å²) in [5.41, 5.74) is 3.00. The van der Waals surface area contributed by atoms with Gasteiger partial charge >= 0.3 is 0 Å². The Kier molecular flexibility index (Phi) is 3.48. The topological polar surface area (TPSA) is 33.1 Å². The van der Waals surface area contributed by atoms with Crippen LogP contribution in [0.15, 0.2) is 60.9 Å². The molecule has 0 spiro atoms. The van der Waals surface area contributed by atoms with Crippen LogP contribution in [-0.2, 0) is 6.42 Å². The summed E-state index contributed by atoms with van der Waals surface area (Å²) in [5.74, 6) is 0. The van der Waals surface area contributed by atoms with Gasteiger partial charge in [-0.25, -0.2) is 0 Å². The quantitative estimate of drug-likeness (QED) is 0.778. The smallest absolute Gasteiger partial charge is 0.106 e. The molecule has 0 saturated carbocycles. The number of fused-ring (bicyclic) bond motifs is 1. The molecule has 0 aliphatic heterocycles. The molecular weight excluding hydrogens is 246 g/mol. The molecule has 1 unspecified atom stereocenters. The second-order valence-electron chi connectivity index (χ2n) is 4.90.